The molecule has 0 heterocycles. The van der Waals surface area contributed by atoms with Gasteiger partial charge >= 0.3 is 0 Å². The normalized spacial score (nSPS) is 37.1. The lowest BCUT2D eigenvalue weighted by atomic mass is 9.31. The monoisotopic (exact) mass is 446 g/mol. The van der Waals surface area contributed by atoms with Crippen molar-refractivity contribution in [2.45, 2.75) is 86.9 Å². The highest BCUT2D eigenvalue weighted by Gasteiger charge is 2.70. The van der Waals surface area contributed by atoms with Gasteiger partial charge in [0.25, 0.3) is 0 Å². The van der Waals surface area contributed by atoms with Gasteiger partial charge in [-0.05, 0) is 95.6 Å². The third kappa shape index (κ3) is 3.03. The predicted molar refractivity (Wildman–Crippen MR) is 141 cm³/mol. The lowest BCUT2D eigenvalue weighted by Gasteiger charge is -2.73. The SMILES string of the molecule is c1ccc(C23CC4(c5ccccc5)CC(c5ccccc5)(C2)CC(C2CCCCC2)(C3)C4)cc1. The summed E-state index contributed by atoms with van der Waals surface area (Å²) < 4.78 is 0. The molecule has 0 radical (unpaired) electrons. The first-order chi connectivity index (χ1) is 16.7. The molecule has 3 aromatic carbocycles. The molecule has 0 heteroatoms. The van der Waals surface area contributed by atoms with Gasteiger partial charge in [0.2, 0.25) is 0 Å². The first kappa shape index (κ1) is 21.0. The Morgan fingerprint density at radius 3 is 1.12 bits per heavy atom. The Morgan fingerprint density at radius 2 is 0.765 bits per heavy atom. The van der Waals surface area contributed by atoms with Crippen LogP contribution in [0.3, 0.4) is 0 Å². The van der Waals surface area contributed by atoms with E-state index in [1.807, 2.05) is 0 Å². The summed E-state index contributed by atoms with van der Waals surface area (Å²) in [6.45, 7) is 0. The van der Waals surface area contributed by atoms with Crippen molar-refractivity contribution in [3.63, 3.8) is 0 Å². The maximum Gasteiger partial charge on any atom is -0.00246 e. The Bertz CT molecular complexity index is 996. The van der Waals surface area contributed by atoms with Crippen molar-refractivity contribution in [2.24, 2.45) is 11.3 Å². The quantitative estimate of drug-likeness (QED) is 0.376. The third-order valence-corrected chi connectivity index (χ3v) is 10.7. The van der Waals surface area contributed by atoms with Gasteiger partial charge in [-0.1, -0.05) is 110 Å². The fraction of sp³-hybridized carbons (Fsp3) is 0.471. The van der Waals surface area contributed by atoms with Crippen molar-refractivity contribution in [1.29, 1.82) is 0 Å². The van der Waals surface area contributed by atoms with Crippen LogP contribution in [0.25, 0.3) is 0 Å². The highest BCUT2D eigenvalue weighted by atomic mass is 14.7. The molecule has 0 spiro atoms. The second-order valence-electron chi connectivity index (χ2n) is 12.7. The standard InChI is InChI=1S/C34H38/c1-5-13-27(14-6-1)31-21-32(28-15-7-2-8-16-28)24-33(22-31,29-17-9-3-10-18-29)26-34(23-31,25-32)30-19-11-4-12-20-30/h1-3,5-10,13-18,30H,4,11-12,19-26H2. The molecule has 0 aromatic heterocycles. The van der Waals surface area contributed by atoms with Crippen LogP contribution in [0.15, 0.2) is 91.0 Å². The zero-order valence-electron chi connectivity index (χ0n) is 20.5. The van der Waals surface area contributed by atoms with E-state index >= 15 is 0 Å². The molecule has 8 rings (SSSR count). The second kappa shape index (κ2) is 7.58. The zero-order valence-corrected chi connectivity index (χ0v) is 20.5. The molecular weight excluding hydrogens is 408 g/mol. The molecule has 5 aliphatic carbocycles. The van der Waals surface area contributed by atoms with Crippen LogP contribution in [0.2, 0.25) is 0 Å². The van der Waals surface area contributed by atoms with E-state index in [1.165, 1.54) is 70.6 Å². The van der Waals surface area contributed by atoms with E-state index in [0.717, 1.165) is 5.92 Å². The maximum atomic E-state index is 2.47. The largest absolute Gasteiger partial charge is 0.0622 e. The summed E-state index contributed by atoms with van der Waals surface area (Å²) in [6, 6.07) is 35.2. The van der Waals surface area contributed by atoms with Crippen molar-refractivity contribution in [2.75, 3.05) is 0 Å². The average Bonchev–Trinajstić information content (AvgIpc) is 2.90. The molecule has 0 amide bonds. The van der Waals surface area contributed by atoms with Crippen molar-refractivity contribution in [3.05, 3.63) is 108 Å². The first-order valence-electron chi connectivity index (χ1n) is 13.8. The average molecular weight is 447 g/mol. The molecular formula is C34H38. The van der Waals surface area contributed by atoms with E-state index in [4.69, 9.17) is 0 Å². The van der Waals surface area contributed by atoms with E-state index in [2.05, 4.69) is 91.0 Å². The van der Waals surface area contributed by atoms with Gasteiger partial charge < -0.3 is 0 Å². The van der Waals surface area contributed by atoms with Gasteiger partial charge in [-0.2, -0.15) is 0 Å². The molecule has 0 saturated heterocycles. The Morgan fingerprint density at radius 1 is 0.412 bits per heavy atom. The number of hydrogen-bond acceptors (Lipinski definition) is 0. The molecule has 5 saturated carbocycles. The topological polar surface area (TPSA) is 0 Å². The van der Waals surface area contributed by atoms with E-state index in [0.29, 0.717) is 21.7 Å². The third-order valence-electron chi connectivity index (χ3n) is 10.7. The first-order valence-corrected chi connectivity index (χ1v) is 13.8. The van der Waals surface area contributed by atoms with Crippen LogP contribution in [-0.4, -0.2) is 0 Å². The lowest BCUT2D eigenvalue weighted by molar-refractivity contribution is -0.140. The van der Waals surface area contributed by atoms with E-state index in [1.54, 1.807) is 16.7 Å². The van der Waals surface area contributed by atoms with Crippen LogP contribution in [0.1, 0.15) is 87.3 Å². The van der Waals surface area contributed by atoms with Crippen LogP contribution in [0.5, 0.6) is 0 Å². The molecule has 0 unspecified atom stereocenters. The highest BCUT2D eigenvalue weighted by Crippen LogP contribution is 2.76. The molecule has 0 atom stereocenters. The van der Waals surface area contributed by atoms with Crippen LogP contribution in [0, 0.1) is 11.3 Å². The lowest BCUT2D eigenvalue weighted by Crippen LogP contribution is -2.67. The van der Waals surface area contributed by atoms with Gasteiger partial charge in [-0.25, -0.2) is 0 Å². The van der Waals surface area contributed by atoms with Crippen LogP contribution in [-0.2, 0) is 16.2 Å². The maximum absolute atomic E-state index is 2.47. The smallest absolute Gasteiger partial charge is 0.00246 e. The van der Waals surface area contributed by atoms with Gasteiger partial charge in [0.1, 0.15) is 0 Å². The zero-order chi connectivity index (χ0) is 22.7. The summed E-state index contributed by atoms with van der Waals surface area (Å²) in [4.78, 5) is 0. The van der Waals surface area contributed by atoms with Crippen LogP contribution in [0.4, 0.5) is 0 Å². The molecule has 34 heavy (non-hydrogen) atoms. The molecule has 0 nitrogen and oxygen atoms in total. The van der Waals surface area contributed by atoms with E-state index < -0.39 is 0 Å². The van der Waals surface area contributed by atoms with Crippen molar-refractivity contribution in [3.8, 4) is 0 Å². The van der Waals surface area contributed by atoms with Gasteiger partial charge in [-0.15, -0.1) is 0 Å². The summed E-state index contributed by atoms with van der Waals surface area (Å²) in [5.41, 5.74) is 6.20. The summed E-state index contributed by atoms with van der Waals surface area (Å²) in [6.07, 6.45) is 15.5. The molecule has 4 bridgehead atoms. The molecule has 0 N–H and O–H groups in total. The van der Waals surface area contributed by atoms with E-state index in [-0.39, 0.29) is 0 Å². The highest BCUT2D eigenvalue weighted by molar-refractivity contribution is 5.45. The minimum atomic E-state index is 0.291. The molecule has 3 aromatic rings. The fourth-order valence-corrected chi connectivity index (χ4v) is 10.2. The minimum absolute atomic E-state index is 0.291. The Kier molecular flexibility index (Phi) is 4.68. The summed E-state index contributed by atoms with van der Waals surface area (Å²) in [5.74, 6) is 0.899. The summed E-state index contributed by atoms with van der Waals surface area (Å²) >= 11 is 0. The molecule has 5 fully saturated rings. The summed E-state index contributed by atoms with van der Waals surface area (Å²) in [5, 5.41) is 0. The van der Waals surface area contributed by atoms with Crippen molar-refractivity contribution < 1.29 is 0 Å². The molecule has 174 valence electrons. The van der Waals surface area contributed by atoms with Crippen LogP contribution >= 0.6 is 0 Å². The number of rotatable bonds is 4. The van der Waals surface area contributed by atoms with Gasteiger partial charge in [0.05, 0.1) is 0 Å². The predicted octanol–water partition coefficient (Wildman–Crippen LogP) is 8.75. The number of benzene rings is 3. The van der Waals surface area contributed by atoms with Gasteiger partial charge in [0, 0.05) is 0 Å². The van der Waals surface area contributed by atoms with Gasteiger partial charge in [-0.3, -0.25) is 0 Å². The van der Waals surface area contributed by atoms with Gasteiger partial charge in [0.15, 0.2) is 0 Å². The van der Waals surface area contributed by atoms with Crippen LogP contribution < -0.4 is 0 Å². The Labute approximate surface area is 205 Å². The van der Waals surface area contributed by atoms with E-state index in [9.17, 15) is 0 Å². The summed E-state index contributed by atoms with van der Waals surface area (Å²) in [7, 11) is 0. The molecule has 5 aliphatic rings. The minimum Gasteiger partial charge on any atom is -0.0622 e. The number of hydrogen-bond donors (Lipinski definition) is 0. The molecule has 0 aliphatic heterocycles. The van der Waals surface area contributed by atoms with Crippen molar-refractivity contribution in [1.82, 2.24) is 0 Å². The Hall–Kier alpha value is -2.34. The van der Waals surface area contributed by atoms with Crippen molar-refractivity contribution >= 4 is 0 Å². The Balaban J connectivity index is 1.48. The fourth-order valence-electron chi connectivity index (χ4n) is 10.2. The second-order valence-corrected chi connectivity index (χ2v) is 12.7.